The second-order valence-corrected chi connectivity index (χ2v) is 13.0. The van der Waals surface area contributed by atoms with Crippen molar-refractivity contribution in [3.63, 3.8) is 0 Å². The Bertz CT molecular complexity index is 1310. The number of hydrogen-bond donors (Lipinski definition) is 2. The second-order valence-electron chi connectivity index (χ2n) is 10.4. The van der Waals surface area contributed by atoms with E-state index in [1.165, 1.54) is 32.9 Å². The Morgan fingerprint density at radius 3 is 2.52 bits per heavy atom. The average molecular weight is 608 g/mol. The van der Waals surface area contributed by atoms with Gasteiger partial charge in [0.05, 0.1) is 24.4 Å². The van der Waals surface area contributed by atoms with Crippen LogP contribution in [0.5, 0.6) is 5.75 Å². The smallest absolute Gasteiger partial charge is 0.380 e. The number of carbonyl (C=O) groups is 1. The number of aromatic nitrogens is 2. The fraction of sp³-hybridized carbons (Fsp3) is 0.560. The molecule has 1 fully saturated rings. The lowest BCUT2D eigenvalue weighted by Gasteiger charge is -2.36. The van der Waals surface area contributed by atoms with Crippen LogP contribution in [0.3, 0.4) is 0 Å². The minimum Gasteiger partial charge on any atom is -0.463 e. The van der Waals surface area contributed by atoms with Crippen LogP contribution in [0, 0.1) is 11.7 Å². The minimum atomic E-state index is -4.25. The Kier molecular flexibility index (Phi) is 9.68. The molecule has 0 radical (unpaired) electrons. The van der Waals surface area contributed by atoms with E-state index in [1.54, 1.807) is 32.0 Å². The highest BCUT2D eigenvalue weighted by Crippen LogP contribution is 2.56. The minimum absolute atomic E-state index is 0.169. The molecule has 0 amide bonds. The number of nitrogens with two attached hydrogens (primary N) is 1. The van der Waals surface area contributed by atoms with Gasteiger partial charge in [0.15, 0.2) is 17.9 Å². The third-order valence-electron chi connectivity index (χ3n) is 6.16. The van der Waals surface area contributed by atoms with Crippen LogP contribution in [-0.2, 0) is 23.4 Å². The van der Waals surface area contributed by atoms with Crippen LogP contribution < -0.4 is 15.9 Å². The van der Waals surface area contributed by atoms with Crippen molar-refractivity contribution in [2.24, 2.45) is 5.92 Å². The summed E-state index contributed by atoms with van der Waals surface area (Å²) in [7, 11) is -4.25. The third-order valence-corrected chi connectivity index (χ3v) is 8.90. The number of hydrogen-bond acceptors (Lipinski definition) is 10. The highest BCUT2D eigenvalue weighted by Gasteiger charge is 2.62. The summed E-state index contributed by atoms with van der Waals surface area (Å²) in [5.41, 5.74) is 2.49. The van der Waals surface area contributed by atoms with Crippen molar-refractivity contribution in [2.45, 2.75) is 69.6 Å². The maximum absolute atomic E-state index is 14.3. The maximum Gasteiger partial charge on any atom is 0.380 e. The lowest BCUT2D eigenvalue weighted by molar-refractivity contribution is -0.151. The van der Waals surface area contributed by atoms with Crippen molar-refractivity contribution in [1.82, 2.24) is 9.55 Å². The summed E-state index contributed by atoms with van der Waals surface area (Å²) in [5.74, 6) is -3.19. The molecule has 0 bridgehead atoms. The molecule has 0 saturated carbocycles. The number of nitrogen functional groups attached to an aromatic ring is 1. The van der Waals surface area contributed by atoms with E-state index in [0.717, 1.165) is 0 Å². The zero-order chi connectivity index (χ0) is 30.0. The zero-order valence-electron chi connectivity index (χ0n) is 22.6. The summed E-state index contributed by atoms with van der Waals surface area (Å²) < 4.78 is 66.0. The fourth-order valence-electron chi connectivity index (χ4n) is 4.24. The molecule has 1 aliphatic rings. The molecule has 0 spiro atoms. The van der Waals surface area contributed by atoms with E-state index < -0.39 is 84.7 Å². The van der Waals surface area contributed by atoms with Crippen LogP contribution in [0.2, 0.25) is 0 Å². The number of rotatable bonds is 11. The molecule has 222 valence electrons. The molecule has 1 aromatic heterocycles. The zero-order valence-corrected chi connectivity index (χ0v) is 24.3. The second kappa shape index (κ2) is 12.1. The number of aliphatic hydroxyl groups is 1. The molecule has 1 unspecified atom stereocenters. The first-order chi connectivity index (χ1) is 18.5. The number of benzene rings is 1. The summed E-state index contributed by atoms with van der Waals surface area (Å²) >= 11 is 6.44. The van der Waals surface area contributed by atoms with E-state index in [1.807, 2.05) is 0 Å². The lowest BCUT2D eigenvalue weighted by atomic mass is 9.91. The quantitative estimate of drug-likeness (QED) is 0.219. The van der Waals surface area contributed by atoms with Crippen molar-refractivity contribution in [1.29, 1.82) is 0 Å². The standard InChI is InChI=1S/C25H33ClF2N3O8P/c1-14(2)36-21(33)15(3)12-40(35,38-16-9-7-6-8-10-16)39-24(4,5)19-18(32)25(26,13-27)22(37-19)31-11-17(28)20(29)30-23(31)34/h6-11,14-15,18-19,22,32H,12-13H2,1-5H3,(H2,29,30,34)/t15-,18+,19+,22-,25?,40-/m1/s1. The van der Waals surface area contributed by atoms with Crippen LogP contribution in [0.25, 0.3) is 0 Å². The molecule has 6 atom stereocenters. The SMILES string of the molecule is CC(C)OC(=O)[C@H](C)C[P@@](=O)(Oc1ccccc1)OC(C)(C)[C@H]1O[C@@H](n2cc(F)c(N)nc2=O)C(Cl)(CF)[C@H]1O. The highest BCUT2D eigenvalue weighted by atomic mass is 35.5. The van der Waals surface area contributed by atoms with Gasteiger partial charge >= 0.3 is 19.3 Å². The van der Waals surface area contributed by atoms with Crippen LogP contribution in [0.15, 0.2) is 41.3 Å². The van der Waals surface area contributed by atoms with E-state index >= 15 is 0 Å². The molecule has 1 aliphatic heterocycles. The van der Waals surface area contributed by atoms with Crippen molar-refractivity contribution in [3.05, 3.63) is 52.8 Å². The van der Waals surface area contributed by atoms with E-state index in [0.29, 0.717) is 10.8 Å². The van der Waals surface area contributed by atoms with Crippen molar-refractivity contribution < 1.29 is 41.8 Å². The summed E-state index contributed by atoms with van der Waals surface area (Å²) in [4.78, 5) is 26.0. The molecule has 0 aliphatic carbocycles. The number of anilines is 1. The fourth-order valence-corrected chi connectivity index (χ4v) is 6.78. The van der Waals surface area contributed by atoms with Crippen LogP contribution in [0.1, 0.15) is 40.8 Å². The maximum atomic E-state index is 14.3. The lowest BCUT2D eigenvalue weighted by Crippen LogP contribution is -2.51. The van der Waals surface area contributed by atoms with Gasteiger partial charge in [0, 0.05) is 0 Å². The Morgan fingerprint density at radius 2 is 1.95 bits per heavy atom. The third kappa shape index (κ3) is 6.83. The van der Waals surface area contributed by atoms with Crippen LogP contribution in [-0.4, -0.2) is 62.3 Å². The molecule has 11 nitrogen and oxygen atoms in total. The van der Waals surface area contributed by atoms with Gasteiger partial charge in [-0.25, -0.2) is 18.1 Å². The Labute approximate surface area is 235 Å². The van der Waals surface area contributed by atoms with Gasteiger partial charge in [-0.05, 0) is 39.8 Å². The van der Waals surface area contributed by atoms with Gasteiger partial charge in [-0.3, -0.25) is 13.9 Å². The summed E-state index contributed by atoms with van der Waals surface area (Å²) in [5, 5.41) is 11.1. The van der Waals surface area contributed by atoms with Crippen molar-refractivity contribution in [3.8, 4) is 5.75 Å². The molecular weight excluding hydrogens is 575 g/mol. The van der Waals surface area contributed by atoms with E-state index in [-0.39, 0.29) is 5.75 Å². The molecule has 3 N–H and O–H groups in total. The van der Waals surface area contributed by atoms with Crippen molar-refractivity contribution in [2.75, 3.05) is 18.6 Å². The van der Waals surface area contributed by atoms with Gasteiger partial charge in [0.1, 0.15) is 35.1 Å². The number of carbonyl (C=O) groups excluding carboxylic acids is 1. The van der Waals surface area contributed by atoms with Gasteiger partial charge in [0.2, 0.25) is 0 Å². The first kappa shape index (κ1) is 32.0. The van der Waals surface area contributed by atoms with E-state index in [9.17, 15) is 28.0 Å². The largest absolute Gasteiger partial charge is 0.463 e. The Balaban J connectivity index is 1.97. The number of para-hydroxylation sites is 1. The molecule has 2 aromatic rings. The first-order valence-electron chi connectivity index (χ1n) is 12.4. The number of aliphatic hydroxyl groups excluding tert-OH is 1. The van der Waals surface area contributed by atoms with Gasteiger partial charge < -0.3 is 24.8 Å². The molecule has 1 saturated heterocycles. The van der Waals surface area contributed by atoms with Crippen LogP contribution >= 0.6 is 19.2 Å². The van der Waals surface area contributed by atoms with E-state index in [4.69, 9.17) is 35.9 Å². The summed E-state index contributed by atoms with van der Waals surface area (Å²) in [6.45, 7) is 6.15. The first-order valence-corrected chi connectivity index (χ1v) is 14.5. The molecule has 3 rings (SSSR count). The van der Waals surface area contributed by atoms with Gasteiger partial charge in [-0.2, -0.15) is 4.98 Å². The molecule has 40 heavy (non-hydrogen) atoms. The molecule has 1 aromatic carbocycles. The molecule has 15 heteroatoms. The Hall–Kier alpha value is -2.57. The van der Waals surface area contributed by atoms with Crippen LogP contribution in [0.4, 0.5) is 14.6 Å². The average Bonchev–Trinajstić information content (AvgIpc) is 3.12. The number of ether oxygens (including phenoxy) is 2. The summed E-state index contributed by atoms with van der Waals surface area (Å²) in [6.07, 6.45) is -5.36. The number of alkyl halides is 2. The summed E-state index contributed by atoms with van der Waals surface area (Å²) in [6, 6.07) is 8.03. The number of halogens is 3. The number of nitrogens with zero attached hydrogens (tertiary/aromatic N) is 2. The van der Waals surface area contributed by atoms with Crippen molar-refractivity contribution >= 4 is 31.0 Å². The van der Waals surface area contributed by atoms with Gasteiger partial charge in [-0.1, -0.05) is 25.1 Å². The molecule has 2 heterocycles. The van der Waals surface area contributed by atoms with Gasteiger partial charge in [0.25, 0.3) is 0 Å². The van der Waals surface area contributed by atoms with Gasteiger partial charge in [-0.15, -0.1) is 11.6 Å². The Morgan fingerprint density at radius 1 is 1.32 bits per heavy atom. The normalized spacial score (nSPS) is 25.4. The predicted octanol–water partition coefficient (Wildman–Crippen LogP) is 3.83. The topological polar surface area (TPSA) is 152 Å². The monoisotopic (exact) mass is 607 g/mol. The highest BCUT2D eigenvalue weighted by molar-refractivity contribution is 7.54. The van der Waals surface area contributed by atoms with E-state index in [2.05, 4.69) is 4.98 Å². The predicted molar refractivity (Wildman–Crippen MR) is 142 cm³/mol. The molecular formula is C25H33ClF2N3O8P. The number of esters is 1.